The van der Waals surface area contributed by atoms with Crippen LogP contribution in [0.25, 0.3) is 0 Å². The van der Waals surface area contributed by atoms with Gasteiger partial charge in [0.1, 0.15) is 0 Å². The molecule has 1 aromatic carbocycles. The Morgan fingerprint density at radius 3 is 2.74 bits per heavy atom. The van der Waals surface area contributed by atoms with Crippen molar-refractivity contribution in [2.75, 3.05) is 19.6 Å². The zero-order valence-corrected chi connectivity index (χ0v) is 12.6. The van der Waals surface area contributed by atoms with Crippen molar-refractivity contribution in [3.63, 3.8) is 0 Å². The van der Waals surface area contributed by atoms with E-state index in [2.05, 4.69) is 43.9 Å². The molecule has 106 valence electrons. The minimum Gasteiger partial charge on any atom is -0.389 e. The van der Waals surface area contributed by atoms with Gasteiger partial charge < -0.3 is 10.0 Å². The predicted molar refractivity (Wildman–Crippen MR) is 80.5 cm³/mol. The quantitative estimate of drug-likeness (QED) is 0.904. The maximum absolute atomic E-state index is 10.9. The lowest BCUT2D eigenvalue weighted by atomic mass is 9.86. The molecule has 1 aromatic rings. The molecule has 2 rings (SSSR count). The summed E-state index contributed by atoms with van der Waals surface area (Å²) in [6.45, 7) is 9.73. The van der Waals surface area contributed by atoms with Gasteiger partial charge in [0.2, 0.25) is 0 Å². The molecule has 1 atom stereocenters. The lowest BCUT2D eigenvalue weighted by Gasteiger charge is -2.28. The Hall–Kier alpha value is -0.860. The third kappa shape index (κ3) is 3.80. The second kappa shape index (κ2) is 6.06. The van der Waals surface area contributed by atoms with Crippen LogP contribution in [0.5, 0.6) is 0 Å². The van der Waals surface area contributed by atoms with Gasteiger partial charge in [0.05, 0.1) is 5.60 Å². The van der Waals surface area contributed by atoms with E-state index in [-0.39, 0.29) is 0 Å². The fourth-order valence-corrected chi connectivity index (χ4v) is 3.07. The van der Waals surface area contributed by atoms with Gasteiger partial charge >= 0.3 is 0 Å². The number of aliphatic hydroxyl groups is 1. The highest BCUT2D eigenvalue weighted by atomic mass is 16.3. The van der Waals surface area contributed by atoms with Crippen LogP contribution in [0.3, 0.4) is 0 Å². The fraction of sp³-hybridized carbons (Fsp3) is 0.647. The van der Waals surface area contributed by atoms with Crippen LogP contribution >= 0.6 is 0 Å². The van der Waals surface area contributed by atoms with Crippen molar-refractivity contribution in [2.24, 2.45) is 0 Å². The second-order valence-electron chi connectivity index (χ2n) is 6.12. The number of aryl methyl sites for hydroxylation is 2. The molecule has 2 heteroatoms. The fourth-order valence-electron chi connectivity index (χ4n) is 3.07. The lowest BCUT2D eigenvalue weighted by molar-refractivity contribution is 0.0257. The van der Waals surface area contributed by atoms with Gasteiger partial charge in [0.25, 0.3) is 0 Å². The maximum Gasteiger partial charge on any atom is 0.0700 e. The van der Waals surface area contributed by atoms with Gasteiger partial charge in [0, 0.05) is 13.0 Å². The summed E-state index contributed by atoms with van der Waals surface area (Å²) in [4.78, 5) is 2.45. The minimum atomic E-state index is -0.511. The monoisotopic (exact) mass is 261 g/mol. The van der Waals surface area contributed by atoms with Crippen molar-refractivity contribution in [1.82, 2.24) is 4.90 Å². The largest absolute Gasteiger partial charge is 0.389 e. The Bertz CT molecular complexity index is 429. The topological polar surface area (TPSA) is 23.5 Å². The van der Waals surface area contributed by atoms with Crippen molar-refractivity contribution in [2.45, 2.75) is 52.1 Å². The molecule has 1 N–H and O–H groups in total. The maximum atomic E-state index is 10.9. The Balaban J connectivity index is 2.10. The van der Waals surface area contributed by atoms with Gasteiger partial charge in [-0.25, -0.2) is 0 Å². The van der Waals surface area contributed by atoms with E-state index in [1.54, 1.807) is 0 Å². The van der Waals surface area contributed by atoms with Crippen LogP contribution in [0.2, 0.25) is 0 Å². The van der Waals surface area contributed by atoms with Crippen LogP contribution in [0.1, 0.15) is 42.9 Å². The SMILES string of the molecule is CCN1CCCC(O)(Cc2cc(C)ccc2C)CC1. The summed E-state index contributed by atoms with van der Waals surface area (Å²) >= 11 is 0. The van der Waals surface area contributed by atoms with E-state index in [1.807, 2.05) is 0 Å². The number of likely N-dealkylation sites (tertiary alicyclic amines) is 1. The van der Waals surface area contributed by atoms with Crippen LogP contribution in [-0.2, 0) is 6.42 Å². The summed E-state index contributed by atoms with van der Waals surface area (Å²) in [6.07, 6.45) is 3.73. The highest BCUT2D eigenvalue weighted by Gasteiger charge is 2.30. The summed E-state index contributed by atoms with van der Waals surface area (Å²) in [5.41, 5.74) is 3.39. The summed E-state index contributed by atoms with van der Waals surface area (Å²) in [5.74, 6) is 0. The lowest BCUT2D eigenvalue weighted by Crippen LogP contribution is -2.33. The highest BCUT2D eigenvalue weighted by molar-refractivity contribution is 5.31. The van der Waals surface area contributed by atoms with Crippen LogP contribution in [0, 0.1) is 13.8 Å². The van der Waals surface area contributed by atoms with Crippen molar-refractivity contribution >= 4 is 0 Å². The van der Waals surface area contributed by atoms with E-state index >= 15 is 0 Å². The molecule has 0 radical (unpaired) electrons. The second-order valence-corrected chi connectivity index (χ2v) is 6.12. The van der Waals surface area contributed by atoms with E-state index in [4.69, 9.17) is 0 Å². The van der Waals surface area contributed by atoms with Crippen LogP contribution in [0.15, 0.2) is 18.2 Å². The van der Waals surface area contributed by atoms with Crippen molar-refractivity contribution < 1.29 is 5.11 Å². The van der Waals surface area contributed by atoms with Gasteiger partial charge in [-0.05, 0) is 57.3 Å². The van der Waals surface area contributed by atoms with Crippen molar-refractivity contribution in [3.8, 4) is 0 Å². The van der Waals surface area contributed by atoms with Gasteiger partial charge in [-0.2, -0.15) is 0 Å². The molecular formula is C17H27NO. The van der Waals surface area contributed by atoms with Gasteiger partial charge in [-0.3, -0.25) is 0 Å². The molecule has 0 bridgehead atoms. The summed E-state index contributed by atoms with van der Waals surface area (Å²) in [5, 5.41) is 10.9. The molecule has 1 heterocycles. The average molecular weight is 261 g/mol. The Morgan fingerprint density at radius 1 is 1.21 bits per heavy atom. The van der Waals surface area contributed by atoms with Gasteiger partial charge in [-0.1, -0.05) is 30.7 Å². The van der Waals surface area contributed by atoms with Crippen LogP contribution in [0.4, 0.5) is 0 Å². The van der Waals surface area contributed by atoms with Crippen molar-refractivity contribution in [3.05, 3.63) is 34.9 Å². The van der Waals surface area contributed by atoms with E-state index < -0.39 is 5.60 Å². The van der Waals surface area contributed by atoms with Gasteiger partial charge in [-0.15, -0.1) is 0 Å². The predicted octanol–water partition coefficient (Wildman–Crippen LogP) is 3.08. The minimum absolute atomic E-state index is 0.511. The van der Waals surface area contributed by atoms with Gasteiger partial charge in [0.15, 0.2) is 0 Å². The summed E-state index contributed by atoms with van der Waals surface area (Å²) in [6, 6.07) is 6.55. The molecule has 1 aliphatic heterocycles. The molecule has 0 aliphatic carbocycles. The summed E-state index contributed by atoms with van der Waals surface area (Å²) in [7, 11) is 0. The standard InChI is InChI=1S/C17H27NO/c1-4-18-10-5-8-17(19,9-11-18)13-16-12-14(2)6-7-15(16)3/h6-7,12,19H,4-5,8-11,13H2,1-3H3. The Morgan fingerprint density at radius 2 is 2.00 bits per heavy atom. The molecule has 0 saturated carbocycles. The summed E-state index contributed by atoms with van der Waals surface area (Å²) < 4.78 is 0. The van der Waals surface area contributed by atoms with Crippen LogP contribution in [-0.4, -0.2) is 35.2 Å². The van der Waals surface area contributed by atoms with E-state index in [9.17, 15) is 5.11 Å². The molecule has 0 aromatic heterocycles. The first-order valence-electron chi connectivity index (χ1n) is 7.53. The molecule has 1 unspecified atom stereocenters. The Labute approximate surface area is 117 Å². The molecule has 0 amide bonds. The number of benzene rings is 1. The first kappa shape index (κ1) is 14.5. The molecule has 0 spiro atoms. The van der Waals surface area contributed by atoms with Crippen LogP contribution < -0.4 is 0 Å². The molecule has 1 fully saturated rings. The number of hydrogen-bond donors (Lipinski definition) is 1. The molecule has 1 aliphatic rings. The zero-order valence-electron chi connectivity index (χ0n) is 12.6. The van der Waals surface area contributed by atoms with E-state index in [1.165, 1.54) is 16.7 Å². The number of hydrogen-bond acceptors (Lipinski definition) is 2. The third-order valence-corrected chi connectivity index (χ3v) is 4.48. The first-order chi connectivity index (χ1) is 9.02. The first-order valence-corrected chi connectivity index (χ1v) is 7.53. The molecule has 1 saturated heterocycles. The normalized spacial score (nSPS) is 25.3. The zero-order chi connectivity index (χ0) is 13.9. The molecular weight excluding hydrogens is 234 g/mol. The molecule has 19 heavy (non-hydrogen) atoms. The molecule has 2 nitrogen and oxygen atoms in total. The highest BCUT2D eigenvalue weighted by Crippen LogP contribution is 2.28. The Kier molecular flexibility index (Phi) is 4.64. The van der Waals surface area contributed by atoms with E-state index in [0.29, 0.717) is 0 Å². The smallest absolute Gasteiger partial charge is 0.0700 e. The average Bonchev–Trinajstić information content (AvgIpc) is 2.56. The number of rotatable bonds is 3. The third-order valence-electron chi connectivity index (χ3n) is 4.48. The van der Waals surface area contributed by atoms with Crippen molar-refractivity contribution in [1.29, 1.82) is 0 Å². The number of nitrogens with zero attached hydrogens (tertiary/aromatic N) is 1. The van der Waals surface area contributed by atoms with E-state index in [0.717, 1.165) is 45.3 Å².